The molecule has 132 valence electrons. The number of ether oxygens (including phenoxy) is 1. The molecule has 1 amide bonds. The van der Waals surface area contributed by atoms with Crippen LogP contribution in [0.2, 0.25) is 0 Å². The number of carbonyl (C=O) groups is 2. The molecule has 1 aromatic rings. The van der Waals surface area contributed by atoms with E-state index >= 15 is 0 Å². The van der Waals surface area contributed by atoms with E-state index in [1.165, 1.54) is 0 Å². The summed E-state index contributed by atoms with van der Waals surface area (Å²) in [6, 6.07) is 9.19. The Morgan fingerprint density at radius 3 is 2.64 bits per heavy atom. The first-order chi connectivity index (χ1) is 12.1. The van der Waals surface area contributed by atoms with Crippen molar-refractivity contribution in [1.29, 1.82) is 5.26 Å². The number of nitriles is 1. The summed E-state index contributed by atoms with van der Waals surface area (Å²) in [6.07, 6.45) is 0.752. The number of nitrogens with zero attached hydrogens (tertiary/aromatic N) is 3. The van der Waals surface area contributed by atoms with Gasteiger partial charge in [-0.2, -0.15) is 5.26 Å². The molecule has 0 bridgehead atoms. The summed E-state index contributed by atoms with van der Waals surface area (Å²) < 4.78 is 5.33. The second kappa shape index (κ2) is 7.21. The van der Waals surface area contributed by atoms with Gasteiger partial charge < -0.3 is 14.7 Å². The summed E-state index contributed by atoms with van der Waals surface area (Å²) in [5.74, 6) is -0.930. The van der Waals surface area contributed by atoms with Crippen molar-refractivity contribution in [3.63, 3.8) is 0 Å². The van der Waals surface area contributed by atoms with Gasteiger partial charge in [0.25, 0.3) is 5.91 Å². The quantitative estimate of drug-likeness (QED) is 0.867. The van der Waals surface area contributed by atoms with Gasteiger partial charge in [0.15, 0.2) is 0 Å². The molecule has 1 unspecified atom stereocenters. The van der Waals surface area contributed by atoms with Crippen LogP contribution in [0.25, 0.3) is 0 Å². The van der Waals surface area contributed by atoms with Crippen molar-refractivity contribution in [3.05, 3.63) is 35.4 Å². The first kappa shape index (κ1) is 17.4. The number of rotatable bonds is 4. The fourth-order valence-electron chi connectivity index (χ4n) is 3.53. The highest BCUT2D eigenvalue weighted by atomic mass is 16.5. The Balaban J connectivity index is 1.66. The van der Waals surface area contributed by atoms with Gasteiger partial charge in [-0.25, -0.2) is 0 Å². The molecule has 2 heterocycles. The number of aliphatic carboxylic acids is 1. The Bertz CT molecular complexity index is 699. The van der Waals surface area contributed by atoms with Crippen molar-refractivity contribution in [3.8, 4) is 6.07 Å². The van der Waals surface area contributed by atoms with Gasteiger partial charge in [-0.15, -0.1) is 0 Å². The molecule has 25 heavy (non-hydrogen) atoms. The van der Waals surface area contributed by atoms with Crippen LogP contribution in [0.3, 0.4) is 0 Å². The maximum Gasteiger partial charge on any atom is 0.326 e. The zero-order valence-corrected chi connectivity index (χ0v) is 14.0. The summed E-state index contributed by atoms with van der Waals surface area (Å²) in [4.78, 5) is 28.1. The minimum Gasteiger partial charge on any atom is -0.480 e. The second-order valence-electron chi connectivity index (χ2n) is 6.45. The van der Waals surface area contributed by atoms with Crippen LogP contribution in [0.15, 0.2) is 24.3 Å². The summed E-state index contributed by atoms with van der Waals surface area (Å²) in [5, 5.41) is 18.4. The molecule has 7 nitrogen and oxygen atoms in total. The molecule has 3 rings (SSSR count). The van der Waals surface area contributed by atoms with Crippen LogP contribution >= 0.6 is 0 Å². The molecular formula is C18H21N3O4. The van der Waals surface area contributed by atoms with E-state index in [0.29, 0.717) is 44.8 Å². The maximum absolute atomic E-state index is 12.7. The minimum atomic E-state index is -0.956. The van der Waals surface area contributed by atoms with E-state index in [0.717, 1.165) is 5.56 Å². The van der Waals surface area contributed by atoms with E-state index in [1.54, 1.807) is 23.1 Å². The standard InChI is InChI=1S/C18H21N3O4/c19-6-4-14-2-1-3-15(12-14)16(22)20-7-9-21(10-8-20)18(17(23)24)5-11-25-13-18/h1-3,12H,4-5,7-11,13H2,(H,23,24). The van der Waals surface area contributed by atoms with E-state index in [-0.39, 0.29) is 18.9 Å². The molecule has 1 N–H and O–H groups in total. The number of hydrogen-bond donors (Lipinski definition) is 1. The molecule has 7 heteroatoms. The first-order valence-electron chi connectivity index (χ1n) is 8.38. The predicted octanol–water partition coefficient (Wildman–Crippen LogP) is 0.754. The molecule has 0 saturated carbocycles. The van der Waals surface area contributed by atoms with Crippen molar-refractivity contribution in [1.82, 2.24) is 9.80 Å². The van der Waals surface area contributed by atoms with E-state index in [2.05, 4.69) is 6.07 Å². The number of carboxylic acids is 1. The molecule has 0 aromatic heterocycles. The van der Waals surface area contributed by atoms with E-state index in [4.69, 9.17) is 10.00 Å². The largest absolute Gasteiger partial charge is 0.480 e. The number of hydrogen-bond acceptors (Lipinski definition) is 5. The fraction of sp³-hybridized carbons (Fsp3) is 0.500. The molecule has 0 radical (unpaired) electrons. The first-order valence-corrected chi connectivity index (χ1v) is 8.38. The van der Waals surface area contributed by atoms with E-state index in [1.807, 2.05) is 11.0 Å². The Labute approximate surface area is 146 Å². The third-order valence-corrected chi connectivity index (χ3v) is 5.03. The average molecular weight is 343 g/mol. The van der Waals surface area contributed by atoms with Gasteiger partial charge in [-0.1, -0.05) is 12.1 Å². The van der Waals surface area contributed by atoms with Crippen LogP contribution in [0, 0.1) is 11.3 Å². The molecular weight excluding hydrogens is 322 g/mol. The van der Waals surface area contributed by atoms with Gasteiger partial charge in [-0.3, -0.25) is 14.5 Å². The summed E-state index contributed by atoms with van der Waals surface area (Å²) in [5.41, 5.74) is 0.431. The van der Waals surface area contributed by atoms with Crippen LogP contribution in [0.4, 0.5) is 0 Å². The molecule has 1 aromatic carbocycles. The van der Waals surface area contributed by atoms with E-state index in [9.17, 15) is 14.7 Å². The smallest absolute Gasteiger partial charge is 0.326 e. The Morgan fingerprint density at radius 2 is 2.04 bits per heavy atom. The van der Waals surface area contributed by atoms with Crippen LogP contribution in [-0.2, 0) is 16.0 Å². The van der Waals surface area contributed by atoms with Crippen molar-refractivity contribution < 1.29 is 19.4 Å². The number of amides is 1. The van der Waals surface area contributed by atoms with Gasteiger partial charge in [-0.05, 0) is 17.7 Å². The second-order valence-corrected chi connectivity index (χ2v) is 6.45. The van der Waals surface area contributed by atoms with Crippen molar-refractivity contribution in [2.75, 3.05) is 39.4 Å². The lowest BCUT2D eigenvalue weighted by Gasteiger charge is -2.42. The highest BCUT2D eigenvalue weighted by Crippen LogP contribution is 2.28. The van der Waals surface area contributed by atoms with Crippen LogP contribution in [0.1, 0.15) is 22.3 Å². The Morgan fingerprint density at radius 1 is 1.28 bits per heavy atom. The highest BCUT2D eigenvalue weighted by molar-refractivity contribution is 5.94. The molecule has 2 aliphatic rings. The van der Waals surface area contributed by atoms with E-state index < -0.39 is 11.5 Å². The van der Waals surface area contributed by atoms with Crippen molar-refractivity contribution in [2.24, 2.45) is 0 Å². The highest BCUT2D eigenvalue weighted by Gasteiger charge is 2.48. The number of benzene rings is 1. The van der Waals surface area contributed by atoms with Gasteiger partial charge in [0, 0.05) is 44.8 Å². The van der Waals surface area contributed by atoms with Crippen LogP contribution in [0.5, 0.6) is 0 Å². The average Bonchev–Trinajstić information content (AvgIpc) is 3.13. The van der Waals surface area contributed by atoms with Gasteiger partial charge in [0.2, 0.25) is 0 Å². The molecule has 1 atom stereocenters. The monoisotopic (exact) mass is 343 g/mol. The molecule has 2 saturated heterocycles. The predicted molar refractivity (Wildman–Crippen MR) is 89.0 cm³/mol. The van der Waals surface area contributed by atoms with Crippen molar-refractivity contribution in [2.45, 2.75) is 18.4 Å². The minimum absolute atomic E-state index is 0.0773. The third-order valence-electron chi connectivity index (χ3n) is 5.03. The SMILES string of the molecule is N#CCc1cccc(C(=O)N2CCN(C3(C(=O)O)CCOC3)CC2)c1. The molecule has 0 aliphatic carbocycles. The lowest BCUT2D eigenvalue weighted by atomic mass is 9.95. The topological polar surface area (TPSA) is 93.9 Å². The maximum atomic E-state index is 12.7. The molecule has 0 spiro atoms. The molecule has 2 fully saturated rings. The van der Waals surface area contributed by atoms with Gasteiger partial charge in [0.05, 0.1) is 19.1 Å². The van der Waals surface area contributed by atoms with Crippen LogP contribution < -0.4 is 0 Å². The third kappa shape index (κ3) is 3.36. The number of piperazine rings is 1. The Hall–Kier alpha value is -2.43. The normalized spacial score (nSPS) is 24.0. The lowest BCUT2D eigenvalue weighted by Crippen LogP contribution is -2.61. The zero-order valence-electron chi connectivity index (χ0n) is 14.0. The summed E-state index contributed by atoms with van der Waals surface area (Å²) in [6.45, 7) is 2.65. The Kier molecular flexibility index (Phi) is 5.02. The fourth-order valence-corrected chi connectivity index (χ4v) is 3.53. The van der Waals surface area contributed by atoms with Gasteiger partial charge >= 0.3 is 5.97 Å². The van der Waals surface area contributed by atoms with Crippen molar-refractivity contribution >= 4 is 11.9 Å². The molecule has 2 aliphatic heterocycles. The van der Waals surface area contributed by atoms with Crippen LogP contribution in [-0.4, -0.2) is 71.7 Å². The number of carboxylic acid groups (broad SMARTS) is 1. The van der Waals surface area contributed by atoms with Gasteiger partial charge in [0.1, 0.15) is 5.54 Å². The summed E-state index contributed by atoms with van der Waals surface area (Å²) >= 11 is 0. The summed E-state index contributed by atoms with van der Waals surface area (Å²) in [7, 11) is 0. The lowest BCUT2D eigenvalue weighted by molar-refractivity contribution is -0.152. The zero-order chi connectivity index (χ0) is 17.9. The number of carbonyl (C=O) groups excluding carboxylic acids is 1.